The number of benzene rings is 2. The average molecular weight is 365 g/mol. The quantitative estimate of drug-likeness (QED) is 0.459. The van der Waals surface area contributed by atoms with E-state index in [-0.39, 0.29) is 0 Å². The molecule has 0 bridgehead atoms. The summed E-state index contributed by atoms with van der Waals surface area (Å²) in [6, 6.07) is 19.2. The summed E-state index contributed by atoms with van der Waals surface area (Å²) >= 11 is 1.42. The van der Waals surface area contributed by atoms with E-state index in [4.69, 9.17) is 13.7 Å². The molecular formula is C19H15N3O3S. The number of methoxy groups -OCH3 is 1. The lowest BCUT2D eigenvalue weighted by Gasteiger charge is -1.99. The molecule has 0 aliphatic carbocycles. The van der Waals surface area contributed by atoms with Crippen molar-refractivity contribution in [2.45, 2.75) is 11.0 Å². The van der Waals surface area contributed by atoms with Gasteiger partial charge in [0.2, 0.25) is 5.89 Å². The second kappa shape index (κ2) is 7.45. The highest BCUT2D eigenvalue weighted by molar-refractivity contribution is 7.98. The highest BCUT2D eigenvalue weighted by Gasteiger charge is 2.12. The SMILES string of the molecule is COc1ccc(-c2nnc(SCc3cc(-c4ccccc4)on3)o2)cc1. The van der Waals surface area contributed by atoms with Crippen LogP contribution in [0.15, 0.2) is 74.8 Å². The van der Waals surface area contributed by atoms with E-state index >= 15 is 0 Å². The molecule has 2 heterocycles. The third-order valence-corrected chi connectivity index (χ3v) is 4.56. The molecule has 0 unspecified atom stereocenters. The maximum atomic E-state index is 5.70. The van der Waals surface area contributed by atoms with Crippen molar-refractivity contribution in [2.75, 3.05) is 7.11 Å². The first-order valence-corrected chi connectivity index (χ1v) is 8.92. The monoisotopic (exact) mass is 365 g/mol. The minimum atomic E-state index is 0.472. The smallest absolute Gasteiger partial charge is 0.277 e. The van der Waals surface area contributed by atoms with Gasteiger partial charge in [0.25, 0.3) is 5.22 Å². The molecule has 0 saturated heterocycles. The van der Waals surface area contributed by atoms with E-state index in [1.807, 2.05) is 60.7 Å². The van der Waals surface area contributed by atoms with Crippen LogP contribution in [0.2, 0.25) is 0 Å². The standard InChI is InChI=1S/C19H15N3O3S/c1-23-16-9-7-14(8-10-16)18-20-21-19(24-18)26-12-15-11-17(25-22-15)13-5-3-2-4-6-13/h2-11H,12H2,1H3. The fourth-order valence-electron chi connectivity index (χ4n) is 2.37. The third-order valence-electron chi connectivity index (χ3n) is 3.70. The van der Waals surface area contributed by atoms with Crippen molar-refractivity contribution in [3.8, 4) is 28.5 Å². The fraction of sp³-hybridized carbons (Fsp3) is 0.105. The van der Waals surface area contributed by atoms with Gasteiger partial charge in [0.05, 0.1) is 12.8 Å². The maximum Gasteiger partial charge on any atom is 0.277 e. The van der Waals surface area contributed by atoms with E-state index in [1.54, 1.807) is 7.11 Å². The highest BCUT2D eigenvalue weighted by atomic mass is 32.2. The van der Waals surface area contributed by atoms with Gasteiger partial charge in [-0.15, -0.1) is 10.2 Å². The first-order valence-electron chi connectivity index (χ1n) is 7.93. The van der Waals surface area contributed by atoms with Crippen molar-refractivity contribution < 1.29 is 13.7 Å². The summed E-state index contributed by atoms with van der Waals surface area (Å²) in [4.78, 5) is 0. The van der Waals surface area contributed by atoms with Gasteiger partial charge in [0.15, 0.2) is 5.76 Å². The summed E-state index contributed by atoms with van der Waals surface area (Å²) in [5.41, 5.74) is 2.66. The molecule has 0 radical (unpaired) electrons. The minimum Gasteiger partial charge on any atom is -0.497 e. The van der Waals surface area contributed by atoms with Gasteiger partial charge in [-0.25, -0.2) is 0 Å². The molecule has 6 nitrogen and oxygen atoms in total. The number of thioether (sulfide) groups is 1. The summed E-state index contributed by atoms with van der Waals surface area (Å²) in [6.07, 6.45) is 0. The van der Waals surface area contributed by atoms with E-state index in [0.717, 1.165) is 28.3 Å². The minimum absolute atomic E-state index is 0.472. The summed E-state index contributed by atoms with van der Waals surface area (Å²) in [5, 5.41) is 12.7. The van der Waals surface area contributed by atoms with Gasteiger partial charge in [0, 0.05) is 22.9 Å². The molecule has 130 valence electrons. The first kappa shape index (κ1) is 16.4. The van der Waals surface area contributed by atoms with Crippen LogP contribution < -0.4 is 4.74 Å². The van der Waals surface area contributed by atoms with Crippen molar-refractivity contribution in [1.82, 2.24) is 15.4 Å². The van der Waals surface area contributed by atoms with Crippen LogP contribution in [0.5, 0.6) is 5.75 Å². The number of nitrogens with zero attached hydrogens (tertiary/aromatic N) is 3. The van der Waals surface area contributed by atoms with Crippen LogP contribution in [0.1, 0.15) is 5.69 Å². The molecule has 0 spiro atoms. The number of aromatic nitrogens is 3. The van der Waals surface area contributed by atoms with Gasteiger partial charge in [0.1, 0.15) is 5.75 Å². The lowest BCUT2D eigenvalue weighted by Crippen LogP contribution is -1.82. The molecule has 0 saturated carbocycles. The second-order valence-electron chi connectivity index (χ2n) is 5.44. The van der Waals surface area contributed by atoms with Crippen LogP contribution >= 0.6 is 11.8 Å². The predicted octanol–water partition coefficient (Wildman–Crippen LogP) is 4.69. The maximum absolute atomic E-state index is 5.70. The van der Waals surface area contributed by atoms with E-state index in [2.05, 4.69) is 15.4 Å². The molecule has 0 N–H and O–H groups in total. The molecule has 26 heavy (non-hydrogen) atoms. The Morgan fingerprint density at radius 1 is 0.962 bits per heavy atom. The summed E-state index contributed by atoms with van der Waals surface area (Å²) < 4.78 is 16.2. The summed E-state index contributed by atoms with van der Waals surface area (Å²) in [7, 11) is 1.63. The number of rotatable bonds is 6. The van der Waals surface area contributed by atoms with Gasteiger partial charge in [-0.05, 0) is 24.3 Å². The average Bonchev–Trinajstić information content (AvgIpc) is 3.37. The van der Waals surface area contributed by atoms with E-state index in [9.17, 15) is 0 Å². The van der Waals surface area contributed by atoms with E-state index in [1.165, 1.54) is 11.8 Å². The van der Waals surface area contributed by atoms with Crippen LogP contribution in [0.25, 0.3) is 22.8 Å². The molecule has 2 aromatic heterocycles. The van der Waals surface area contributed by atoms with Crippen molar-refractivity contribution in [1.29, 1.82) is 0 Å². The molecule has 0 fully saturated rings. The van der Waals surface area contributed by atoms with Gasteiger partial charge >= 0.3 is 0 Å². The highest BCUT2D eigenvalue weighted by Crippen LogP contribution is 2.28. The van der Waals surface area contributed by atoms with Crippen LogP contribution in [0, 0.1) is 0 Å². The zero-order valence-electron chi connectivity index (χ0n) is 14.0. The summed E-state index contributed by atoms with van der Waals surface area (Å²) in [5.74, 6) is 2.58. The Morgan fingerprint density at radius 2 is 1.77 bits per heavy atom. The fourth-order valence-corrected chi connectivity index (χ4v) is 3.02. The molecule has 4 aromatic rings. The van der Waals surface area contributed by atoms with Crippen molar-refractivity contribution >= 4 is 11.8 Å². The number of hydrogen-bond acceptors (Lipinski definition) is 7. The Labute approximate surface area is 154 Å². The molecule has 7 heteroatoms. The number of ether oxygens (including phenoxy) is 1. The Hall–Kier alpha value is -3.06. The Bertz CT molecular complexity index is 981. The molecule has 0 aliphatic heterocycles. The largest absolute Gasteiger partial charge is 0.497 e. The molecule has 4 rings (SSSR count). The van der Waals surface area contributed by atoms with E-state index < -0.39 is 0 Å². The Kier molecular flexibility index (Phi) is 4.70. The van der Waals surface area contributed by atoms with Crippen LogP contribution in [-0.4, -0.2) is 22.5 Å². The first-order chi connectivity index (χ1) is 12.8. The zero-order chi connectivity index (χ0) is 17.8. The Balaban J connectivity index is 1.41. The van der Waals surface area contributed by atoms with E-state index in [0.29, 0.717) is 16.9 Å². The molecule has 0 aliphatic rings. The molecule has 0 amide bonds. The van der Waals surface area contributed by atoms with Crippen LogP contribution in [0.3, 0.4) is 0 Å². The molecule has 2 aromatic carbocycles. The Morgan fingerprint density at radius 3 is 2.54 bits per heavy atom. The van der Waals surface area contributed by atoms with Crippen molar-refractivity contribution in [3.63, 3.8) is 0 Å². The summed E-state index contributed by atoms with van der Waals surface area (Å²) in [6.45, 7) is 0. The molecular weight excluding hydrogens is 350 g/mol. The predicted molar refractivity (Wildman–Crippen MR) is 97.8 cm³/mol. The van der Waals surface area contributed by atoms with Crippen molar-refractivity contribution in [3.05, 3.63) is 66.4 Å². The molecule has 0 atom stereocenters. The van der Waals surface area contributed by atoms with Gasteiger partial charge < -0.3 is 13.7 Å². The van der Waals surface area contributed by atoms with Crippen molar-refractivity contribution in [2.24, 2.45) is 0 Å². The lowest BCUT2D eigenvalue weighted by atomic mass is 10.2. The normalized spacial score (nSPS) is 10.8. The third kappa shape index (κ3) is 3.62. The van der Waals surface area contributed by atoms with Crippen LogP contribution in [0.4, 0.5) is 0 Å². The zero-order valence-corrected chi connectivity index (χ0v) is 14.8. The van der Waals surface area contributed by atoms with Gasteiger partial charge in [-0.1, -0.05) is 47.3 Å². The number of hydrogen-bond donors (Lipinski definition) is 0. The topological polar surface area (TPSA) is 74.2 Å². The van der Waals surface area contributed by atoms with Gasteiger partial charge in [-0.2, -0.15) is 0 Å². The lowest BCUT2D eigenvalue weighted by molar-refractivity contribution is 0.414. The van der Waals surface area contributed by atoms with Crippen LogP contribution in [-0.2, 0) is 5.75 Å². The second-order valence-corrected chi connectivity index (χ2v) is 6.37. The van der Waals surface area contributed by atoms with Gasteiger partial charge in [-0.3, -0.25) is 0 Å².